The van der Waals surface area contributed by atoms with E-state index in [1.54, 1.807) is 12.1 Å². The first-order valence-electron chi connectivity index (χ1n) is 5.74. The first-order valence-corrected chi connectivity index (χ1v) is 5.74. The smallest absolute Gasteiger partial charge is 0.141 e. The molecule has 0 aliphatic rings. The average Bonchev–Trinajstić information content (AvgIpc) is 2.82. The molecule has 4 nitrogen and oxygen atoms in total. The van der Waals surface area contributed by atoms with Crippen molar-refractivity contribution >= 4 is 5.65 Å². The van der Waals surface area contributed by atoms with Gasteiger partial charge in [-0.2, -0.15) is 0 Å². The van der Waals surface area contributed by atoms with Crippen LogP contribution in [0.25, 0.3) is 16.9 Å². The molecule has 90 valence electrons. The van der Waals surface area contributed by atoms with Crippen molar-refractivity contribution in [1.82, 2.24) is 9.38 Å². The van der Waals surface area contributed by atoms with Crippen LogP contribution in [0.15, 0.2) is 48.8 Å². The second-order valence-corrected chi connectivity index (χ2v) is 4.11. The summed E-state index contributed by atoms with van der Waals surface area (Å²) in [5.41, 5.74) is 8.98. The molecule has 0 aliphatic heterocycles. The zero-order chi connectivity index (χ0) is 12.5. The van der Waals surface area contributed by atoms with Crippen LogP contribution >= 0.6 is 0 Å². The van der Waals surface area contributed by atoms with Gasteiger partial charge in [-0.3, -0.25) is 0 Å². The highest BCUT2D eigenvalue weighted by Gasteiger charge is 2.09. The van der Waals surface area contributed by atoms with E-state index in [1.807, 2.05) is 41.1 Å². The minimum absolute atomic E-state index is 0.232. The van der Waals surface area contributed by atoms with Crippen molar-refractivity contribution < 1.29 is 5.11 Å². The highest BCUT2D eigenvalue weighted by Crippen LogP contribution is 2.28. The predicted molar refractivity (Wildman–Crippen MR) is 70.2 cm³/mol. The van der Waals surface area contributed by atoms with Gasteiger partial charge in [0.15, 0.2) is 0 Å². The van der Waals surface area contributed by atoms with Gasteiger partial charge in [0.2, 0.25) is 0 Å². The summed E-state index contributed by atoms with van der Waals surface area (Å²) in [6.45, 7) is 0.446. The van der Waals surface area contributed by atoms with Crippen LogP contribution in [-0.4, -0.2) is 14.5 Å². The van der Waals surface area contributed by atoms with Crippen LogP contribution < -0.4 is 5.73 Å². The van der Waals surface area contributed by atoms with Gasteiger partial charge in [-0.25, -0.2) is 4.98 Å². The summed E-state index contributed by atoms with van der Waals surface area (Å²) in [6.07, 6.45) is 3.81. The van der Waals surface area contributed by atoms with Gasteiger partial charge in [-0.15, -0.1) is 0 Å². The molecule has 0 amide bonds. The van der Waals surface area contributed by atoms with Gasteiger partial charge >= 0.3 is 0 Å². The number of benzene rings is 1. The van der Waals surface area contributed by atoms with Crippen molar-refractivity contribution in [3.05, 3.63) is 54.4 Å². The number of imidazole rings is 1. The van der Waals surface area contributed by atoms with E-state index in [4.69, 9.17) is 5.73 Å². The molecule has 2 aromatic heterocycles. The van der Waals surface area contributed by atoms with Crippen LogP contribution in [0.1, 0.15) is 5.56 Å². The molecule has 0 saturated carbocycles. The van der Waals surface area contributed by atoms with Crippen molar-refractivity contribution in [2.45, 2.75) is 6.54 Å². The first kappa shape index (κ1) is 10.8. The van der Waals surface area contributed by atoms with Crippen LogP contribution in [0, 0.1) is 0 Å². The molecule has 0 radical (unpaired) electrons. The molecule has 0 saturated heterocycles. The molecule has 0 unspecified atom stereocenters. The predicted octanol–water partition coefficient (Wildman–Crippen LogP) is 2.17. The lowest BCUT2D eigenvalue weighted by molar-refractivity contribution is 0.477. The van der Waals surface area contributed by atoms with E-state index >= 15 is 0 Å². The van der Waals surface area contributed by atoms with Crippen LogP contribution in [0.4, 0.5) is 0 Å². The fourth-order valence-electron chi connectivity index (χ4n) is 2.05. The van der Waals surface area contributed by atoms with Gasteiger partial charge in [0.25, 0.3) is 0 Å². The van der Waals surface area contributed by atoms with Gasteiger partial charge in [0.1, 0.15) is 11.4 Å². The summed E-state index contributed by atoms with van der Waals surface area (Å²) in [6, 6.07) is 11.1. The van der Waals surface area contributed by atoms with Crippen molar-refractivity contribution in [2.24, 2.45) is 5.73 Å². The minimum atomic E-state index is 0.232. The van der Waals surface area contributed by atoms with Crippen LogP contribution in [0.5, 0.6) is 5.75 Å². The number of hydrogen-bond acceptors (Lipinski definition) is 3. The molecular weight excluding hydrogens is 226 g/mol. The lowest BCUT2D eigenvalue weighted by Crippen LogP contribution is -1.99. The highest BCUT2D eigenvalue weighted by molar-refractivity contribution is 5.69. The summed E-state index contributed by atoms with van der Waals surface area (Å²) < 4.78 is 1.92. The van der Waals surface area contributed by atoms with Gasteiger partial charge < -0.3 is 15.2 Å². The highest BCUT2D eigenvalue weighted by atomic mass is 16.3. The van der Waals surface area contributed by atoms with E-state index in [0.717, 1.165) is 22.5 Å². The number of hydrogen-bond donors (Lipinski definition) is 2. The number of pyridine rings is 1. The summed E-state index contributed by atoms with van der Waals surface area (Å²) in [4.78, 5) is 4.54. The van der Waals surface area contributed by atoms with E-state index in [1.165, 1.54) is 0 Å². The lowest BCUT2D eigenvalue weighted by Gasteiger charge is -1.98. The molecule has 0 spiro atoms. The Bertz CT molecular complexity index is 703. The standard InChI is InChI=1S/C14H13N3O/c15-8-10-4-3-7-17-9-12(16-14(10)17)11-5-1-2-6-13(11)18/h1-7,9,18H,8,15H2. The number of nitrogens with two attached hydrogens (primary N) is 1. The molecule has 1 aromatic carbocycles. The SMILES string of the molecule is NCc1cccn2cc(-c3ccccc3O)nc12. The first-order chi connectivity index (χ1) is 8.79. The fraction of sp³-hybridized carbons (Fsp3) is 0.0714. The second kappa shape index (κ2) is 4.16. The Morgan fingerprint density at radius 3 is 2.78 bits per heavy atom. The molecule has 4 heteroatoms. The van der Waals surface area contributed by atoms with Gasteiger partial charge in [0.05, 0.1) is 5.69 Å². The number of para-hydroxylation sites is 1. The summed E-state index contributed by atoms with van der Waals surface area (Å²) in [5, 5.41) is 9.84. The Hall–Kier alpha value is -2.33. The summed E-state index contributed by atoms with van der Waals surface area (Å²) >= 11 is 0. The number of fused-ring (bicyclic) bond motifs is 1. The van der Waals surface area contributed by atoms with Crippen LogP contribution in [0.2, 0.25) is 0 Å². The number of aromatic nitrogens is 2. The van der Waals surface area contributed by atoms with Crippen molar-refractivity contribution in [2.75, 3.05) is 0 Å². The van der Waals surface area contributed by atoms with Gasteiger partial charge in [-0.1, -0.05) is 18.2 Å². The number of rotatable bonds is 2. The topological polar surface area (TPSA) is 63.5 Å². The molecule has 0 atom stereocenters. The maximum Gasteiger partial charge on any atom is 0.141 e. The molecule has 3 N–H and O–H groups in total. The Balaban J connectivity index is 2.23. The maximum absolute atomic E-state index is 9.84. The van der Waals surface area contributed by atoms with Crippen molar-refractivity contribution in [3.63, 3.8) is 0 Å². The van der Waals surface area contributed by atoms with Crippen LogP contribution in [0.3, 0.4) is 0 Å². The zero-order valence-electron chi connectivity index (χ0n) is 9.74. The Labute approximate surface area is 104 Å². The van der Waals surface area contributed by atoms with Gasteiger partial charge in [0, 0.05) is 30.1 Å². The van der Waals surface area contributed by atoms with Crippen molar-refractivity contribution in [3.8, 4) is 17.0 Å². The number of phenols is 1. The largest absolute Gasteiger partial charge is 0.507 e. The third-order valence-electron chi connectivity index (χ3n) is 2.96. The van der Waals surface area contributed by atoms with E-state index in [9.17, 15) is 5.11 Å². The quantitative estimate of drug-likeness (QED) is 0.720. The molecule has 2 heterocycles. The molecular formula is C14H13N3O. The molecule has 0 bridgehead atoms. The zero-order valence-corrected chi connectivity index (χ0v) is 9.74. The Morgan fingerprint density at radius 2 is 2.00 bits per heavy atom. The summed E-state index contributed by atoms with van der Waals surface area (Å²) in [7, 11) is 0. The number of nitrogens with zero attached hydrogens (tertiary/aromatic N) is 2. The fourth-order valence-corrected chi connectivity index (χ4v) is 2.05. The van der Waals surface area contributed by atoms with E-state index < -0.39 is 0 Å². The van der Waals surface area contributed by atoms with Crippen LogP contribution in [-0.2, 0) is 6.54 Å². The number of phenolic OH excluding ortho intramolecular Hbond substituents is 1. The van der Waals surface area contributed by atoms with Crippen molar-refractivity contribution in [1.29, 1.82) is 0 Å². The second-order valence-electron chi connectivity index (χ2n) is 4.11. The molecule has 18 heavy (non-hydrogen) atoms. The summed E-state index contributed by atoms with van der Waals surface area (Å²) in [5.74, 6) is 0.232. The molecule has 0 fully saturated rings. The van der Waals surface area contributed by atoms with E-state index in [-0.39, 0.29) is 5.75 Å². The van der Waals surface area contributed by atoms with Gasteiger partial charge in [-0.05, 0) is 18.2 Å². The lowest BCUT2D eigenvalue weighted by atomic mass is 10.1. The maximum atomic E-state index is 9.84. The number of aromatic hydroxyl groups is 1. The monoisotopic (exact) mass is 239 g/mol. The van der Waals surface area contributed by atoms with E-state index in [2.05, 4.69) is 4.98 Å². The molecule has 3 rings (SSSR count). The third kappa shape index (κ3) is 1.63. The van der Waals surface area contributed by atoms with E-state index in [0.29, 0.717) is 6.54 Å². The molecule has 3 aromatic rings. The third-order valence-corrected chi connectivity index (χ3v) is 2.96. The average molecular weight is 239 g/mol. The normalized spacial score (nSPS) is 10.9. The molecule has 0 aliphatic carbocycles. The Kier molecular flexibility index (Phi) is 2.50. The minimum Gasteiger partial charge on any atom is -0.507 e. The Morgan fingerprint density at radius 1 is 1.17 bits per heavy atom.